The van der Waals surface area contributed by atoms with Gasteiger partial charge in [0.15, 0.2) is 0 Å². The Balaban J connectivity index is 2.46. The summed E-state index contributed by atoms with van der Waals surface area (Å²) in [6, 6.07) is 4.39. The zero-order valence-electron chi connectivity index (χ0n) is 12.5. The molecule has 1 aromatic heterocycles. The highest BCUT2D eigenvalue weighted by atomic mass is 35.5. The first-order valence-electron chi connectivity index (χ1n) is 7.14. The van der Waals surface area contributed by atoms with Crippen molar-refractivity contribution in [3.05, 3.63) is 51.6 Å². The Hall–Kier alpha value is -1.06. The van der Waals surface area contributed by atoms with Gasteiger partial charge in [-0.2, -0.15) is 5.10 Å². The smallest absolute Gasteiger partial charge is 0.123 e. The minimum atomic E-state index is -0.291. The fourth-order valence-electron chi connectivity index (χ4n) is 2.62. The molecule has 0 fully saturated rings. The second-order valence-electron chi connectivity index (χ2n) is 5.02. The molecule has 1 heterocycles. The van der Waals surface area contributed by atoms with Gasteiger partial charge in [-0.25, -0.2) is 4.39 Å². The van der Waals surface area contributed by atoms with Crippen molar-refractivity contribution in [3.8, 4) is 0 Å². The predicted molar refractivity (Wildman–Crippen MR) is 85.8 cm³/mol. The van der Waals surface area contributed by atoms with Crippen LogP contribution < -0.4 is 0 Å². The van der Waals surface area contributed by atoms with E-state index in [9.17, 15) is 4.39 Å². The molecule has 2 aromatic rings. The Morgan fingerprint density at radius 3 is 2.57 bits per heavy atom. The highest BCUT2D eigenvalue weighted by Crippen LogP contribution is 2.29. The summed E-state index contributed by atoms with van der Waals surface area (Å²) in [6.45, 7) is 6.54. The van der Waals surface area contributed by atoms with E-state index in [0.717, 1.165) is 35.4 Å². The van der Waals surface area contributed by atoms with Crippen LogP contribution >= 0.6 is 23.2 Å². The van der Waals surface area contributed by atoms with Crippen LogP contribution in [-0.4, -0.2) is 9.78 Å². The third-order valence-corrected chi connectivity index (χ3v) is 4.16. The average molecular weight is 329 g/mol. The van der Waals surface area contributed by atoms with Gasteiger partial charge in [-0.3, -0.25) is 4.68 Å². The van der Waals surface area contributed by atoms with E-state index < -0.39 is 0 Å². The van der Waals surface area contributed by atoms with Crippen LogP contribution in [0.3, 0.4) is 0 Å². The molecule has 1 unspecified atom stereocenters. The van der Waals surface area contributed by atoms with Gasteiger partial charge in [0.1, 0.15) is 5.82 Å². The van der Waals surface area contributed by atoms with Crippen LogP contribution in [0.2, 0.25) is 5.02 Å². The summed E-state index contributed by atoms with van der Waals surface area (Å²) in [7, 11) is 0. The molecule has 21 heavy (non-hydrogen) atoms. The third kappa shape index (κ3) is 3.41. The molecule has 1 atom stereocenters. The van der Waals surface area contributed by atoms with E-state index >= 15 is 0 Å². The van der Waals surface area contributed by atoms with Crippen LogP contribution in [0.25, 0.3) is 0 Å². The molecule has 2 nitrogen and oxygen atoms in total. The largest absolute Gasteiger partial charge is 0.265 e. The summed E-state index contributed by atoms with van der Waals surface area (Å²) in [5.41, 5.74) is 3.91. The summed E-state index contributed by atoms with van der Waals surface area (Å²) in [6.07, 6.45) is 1.65. The number of alkyl halides is 1. The van der Waals surface area contributed by atoms with Crippen molar-refractivity contribution in [1.29, 1.82) is 0 Å². The van der Waals surface area contributed by atoms with E-state index in [4.69, 9.17) is 23.2 Å². The maximum Gasteiger partial charge on any atom is 0.123 e. The van der Waals surface area contributed by atoms with Crippen molar-refractivity contribution in [2.45, 2.75) is 45.5 Å². The molecule has 2 rings (SSSR count). The molecule has 0 aliphatic heterocycles. The maximum absolute atomic E-state index is 13.4. The minimum absolute atomic E-state index is 0.0911. The first kappa shape index (κ1) is 16.3. The van der Waals surface area contributed by atoms with E-state index in [1.807, 2.05) is 11.6 Å². The minimum Gasteiger partial charge on any atom is -0.265 e. The Kier molecular flexibility index (Phi) is 5.28. The first-order valence-corrected chi connectivity index (χ1v) is 7.95. The van der Waals surface area contributed by atoms with Crippen molar-refractivity contribution < 1.29 is 4.39 Å². The number of hydrogen-bond acceptors (Lipinski definition) is 1. The number of hydrogen-bond donors (Lipinski definition) is 0. The molecule has 0 saturated carbocycles. The lowest BCUT2D eigenvalue weighted by Crippen LogP contribution is -2.07. The van der Waals surface area contributed by atoms with Gasteiger partial charge < -0.3 is 0 Å². The topological polar surface area (TPSA) is 17.8 Å². The van der Waals surface area contributed by atoms with Gasteiger partial charge >= 0.3 is 0 Å². The summed E-state index contributed by atoms with van der Waals surface area (Å²) in [5.74, 6) is -0.291. The van der Waals surface area contributed by atoms with Crippen LogP contribution in [0.5, 0.6) is 0 Å². The molecule has 5 heteroatoms. The Morgan fingerprint density at radius 1 is 1.29 bits per heavy atom. The van der Waals surface area contributed by atoms with E-state index in [2.05, 4.69) is 18.9 Å². The monoisotopic (exact) mass is 328 g/mol. The van der Waals surface area contributed by atoms with Gasteiger partial charge in [-0.05, 0) is 43.5 Å². The fraction of sp³-hybridized carbons (Fsp3) is 0.438. The lowest BCUT2D eigenvalue weighted by molar-refractivity contribution is 0.611. The second kappa shape index (κ2) is 6.80. The fourth-order valence-corrected chi connectivity index (χ4v) is 3.04. The van der Waals surface area contributed by atoms with Gasteiger partial charge in [0.25, 0.3) is 0 Å². The molecular formula is C16H19Cl2FN2. The highest BCUT2D eigenvalue weighted by Gasteiger charge is 2.19. The molecule has 1 aromatic carbocycles. The number of aryl methyl sites for hydroxylation is 1. The number of nitrogens with zero attached hydrogens (tertiary/aromatic N) is 2. The molecule has 114 valence electrons. The molecule has 0 amide bonds. The number of aromatic nitrogens is 2. The van der Waals surface area contributed by atoms with Crippen molar-refractivity contribution in [3.63, 3.8) is 0 Å². The van der Waals surface area contributed by atoms with Crippen LogP contribution in [-0.2, 0) is 19.4 Å². The van der Waals surface area contributed by atoms with E-state index in [-0.39, 0.29) is 11.2 Å². The van der Waals surface area contributed by atoms with Gasteiger partial charge in [0.2, 0.25) is 0 Å². The summed E-state index contributed by atoms with van der Waals surface area (Å²) >= 11 is 12.5. The number of halogens is 3. The van der Waals surface area contributed by atoms with Gasteiger partial charge in [-0.1, -0.05) is 25.4 Å². The molecule has 0 aliphatic carbocycles. The molecule has 0 spiro atoms. The molecule has 0 N–H and O–H groups in total. The summed E-state index contributed by atoms with van der Waals surface area (Å²) in [4.78, 5) is 0. The Labute approximate surface area is 134 Å². The number of benzene rings is 1. The molecular weight excluding hydrogens is 310 g/mol. The van der Waals surface area contributed by atoms with Gasteiger partial charge in [0, 0.05) is 16.3 Å². The normalized spacial score (nSPS) is 12.7. The maximum atomic E-state index is 13.4. The third-order valence-electron chi connectivity index (χ3n) is 3.57. The van der Waals surface area contributed by atoms with Gasteiger partial charge in [0.05, 0.1) is 17.6 Å². The standard InChI is InChI=1S/C16H19Cl2FN2/c1-4-14-16(10(3)17)15(5-2)21(20-14)9-11-8-12(19)6-7-13(11)18/h6-8,10H,4-5,9H2,1-3H3. The first-order chi connectivity index (χ1) is 9.97. The van der Waals surface area contributed by atoms with Crippen LogP contribution in [0, 0.1) is 5.82 Å². The van der Waals surface area contributed by atoms with E-state index in [1.54, 1.807) is 6.07 Å². The van der Waals surface area contributed by atoms with Crippen molar-refractivity contribution in [2.75, 3.05) is 0 Å². The Morgan fingerprint density at radius 2 is 2.00 bits per heavy atom. The van der Waals surface area contributed by atoms with Crippen molar-refractivity contribution in [1.82, 2.24) is 9.78 Å². The van der Waals surface area contributed by atoms with Gasteiger partial charge in [-0.15, -0.1) is 11.6 Å². The summed E-state index contributed by atoms with van der Waals surface area (Å²) in [5, 5.41) is 5.10. The van der Waals surface area contributed by atoms with Crippen molar-refractivity contribution in [2.24, 2.45) is 0 Å². The lowest BCUT2D eigenvalue weighted by atomic mass is 10.1. The summed E-state index contributed by atoms with van der Waals surface area (Å²) < 4.78 is 15.3. The predicted octanol–water partition coefficient (Wildman–Crippen LogP) is 5.15. The van der Waals surface area contributed by atoms with E-state index in [0.29, 0.717) is 11.6 Å². The molecule has 0 saturated heterocycles. The SMILES string of the molecule is CCc1nn(Cc2cc(F)ccc2Cl)c(CC)c1C(C)Cl. The Bertz CT molecular complexity index is 635. The van der Waals surface area contributed by atoms with Crippen molar-refractivity contribution >= 4 is 23.2 Å². The second-order valence-corrected chi connectivity index (χ2v) is 6.09. The molecule has 0 bridgehead atoms. The molecule has 0 aliphatic rings. The highest BCUT2D eigenvalue weighted by molar-refractivity contribution is 6.31. The quantitative estimate of drug-likeness (QED) is 0.694. The van der Waals surface area contributed by atoms with E-state index in [1.165, 1.54) is 12.1 Å². The number of rotatable bonds is 5. The van der Waals surface area contributed by atoms with Crippen LogP contribution in [0.1, 0.15) is 48.7 Å². The zero-order valence-corrected chi connectivity index (χ0v) is 14.0. The van der Waals surface area contributed by atoms with Crippen LogP contribution in [0.15, 0.2) is 18.2 Å². The van der Waals surface area contributed by atoms with Crippen LogP contribution in [0.4, 0.5) is 4.39 Å². The zero-order chi connectivity index (χ0) is 15.6. The lowest BCUT2D eigenvalue weighted by Gasteiger charge is -2.10. The molecule has 0 radical (unpaired) electrons. The average Bonchev–Trinajstić information content (AvgIpc) is 2.80.